The molecule has 0 amide bonds. The molecule has 17 heavy (non-hydrogen) atoms. The lowest BCUT2D eigenvalue weighted by molar-refractivity contribution is 0.289. The quantitative estimate of drug-likeness (QED) is 0.288. The van der Waals surface area contributed by atoms with Crippen LogP contribution in [0, 0.1) is 0 Å². The highest BCUT2D eigenvalue weighted by atomic mass is 16.4. The van der Waals surface area contributed by atoms with Gasteiger partial charge >= 0.3 is 0 Å². The standard InChI is InChI=1S/C11H18N4O2/c1-2-15(7-4-8-16)10-6-3-5-9(13-10)11(12)14-17/h3,5-6,16-17H,2,4,7-8H2,1H3,(H2,12,14). The number of nitrogens with zero attached hydrogens (tertiary/aromatic N) is 3. The van der Waals surface area contributed by atoms with E-state index in [9.17, 15) is 0 Å². The van der Waals surface area contributed by atoms with E-state index in [0.29, 0.717) is 12.1 Å². The molecule has 0 bridgehead atoms. The van der Waals surface area contributed by atoms with E-state index in [0.717, 1.165) is 18.9 Å². The van der Waals surface area contributed by atoms with Crippen LogP contribution >= 0.6 is 0 Å². The third-order valence-electron chi connectivity index (χ3n) is 2.40. The van der Waals surface area contributed by atoms with E-state index in [2.05, 4.69) is 10.1 Å². The third-order valence-corrected chi connectivity index (χ3v) is 2.40. The molecule has 0 saturated heterocycles. The fourth-order valence-electron chi connectivity index (χ4n) is 1.49. The number of rotatable bonds is 6. The highest BCUT2D eigenvalue weighted by Gasteiger charge is 2.07. The Hall–Kier alpha value is -1.82. The van der Waals surface area contributed by atoms with Crippen LogP contribution in [0.5, 0.6) is 0 Å². The molecule has 4 N–H and O–H groups in total. The third kappa shape index (κ3) is 3.60. The Labute approximate surface area is 100 Å². The van der Waals surface area contributed by atoms with Gasteiger partial charge in [0.25, 0.3) is 0 Å². The van der Waals surface area contributed by atoms with Crippen LogP contribution in [0.25, 0.3) is 0 Å². The van der Waals surface area contributed by atoms with E-state index in [1.54, 1.807) is 12.1 Å². The number of hydrogen-bond donors (Lipinski definition) is 3. The van der Waals surface area contributed by atoms with Gasteiger partial charge in [0, 0.05) is 19.7 Å². The minimum Gasteiger partial charge on any atom is -0.409 e. The number of anilines is 1. The minimum atomic E-state index is -0.00920. The predicted molar refractivity (Wildman–Crippen MR) is 66.3 cm³/mol. The van der Waals surface area contributed by atoms with Crippen LogP contribution in [0.1, 0.15) is 19.0 Å². The Morgan fingerprint density at radius 3 is 2.88 bits per heavy atom. The molecule has 0 aliphatic rings. The Bertz CT molecular complexity index is 381. The molecule has 0 radical (unpaired) electrons. The predicted octanol–water partition coefficient (Wildman–Crippen LogP) is 0.385. The summed E-state index contributed by atoms with van der Waals surface area (Å²) in [6, 6.07) is 5.34. The number of pyridine rings is 1. The van der Waals surface area contributed by atoms with Crippen molar-refractivity contribution in [1.82, 2.24) is 4.98 Å². The summed E-state index contributed by atoms with van der Waals surface area (Å²) in [6.45, 7) is 3.66. The summed E-state index contributed by atoms with van der Waals surface area (Å²) in [4.78, 5) is 6.31. The van der Waals surface area contributed by atoms with Crippen LogP contribution in [0.15, 0.2) is 23.4 Å². The topological polar surface area (TPSA) is 95.0 Å². The largest absolute Gasteiger partial charge is 0.409 e. The lowest BCUT2D eigenvalue weighted by Crippen LogP contribution is -2.26. The second-order valence-electron chi connectivity index (χ2n) is 3.52. The van der Waals surface area contributed by atoms with Crippen molar-refractivity contribution in [2.45, 2.75) is 13.3 Å². The van der Waals surface area contributed by atoms with E-state index < -0.39 is 0 Å². The van der Waals surface area contributed by atoms with Gasteiger partial charge in [-0.25, -0.2) is 4.98 Å². The molecule has 0 aliphatic heterocycles. The Morgan fingerprint density at radius 1 is 1.53 bits per heavy atom. The zero-order valence-electron chi connectivity index (χ0n) is 9.87. The van der Waals surface area contributed by atoms with Crippen LogP contribution in [0.2, 0.25) is 0 Å². The van der Waals surface area contributed by atoms with E-state index in [-0.39, 0.29) is 12.4 Å². The fourth-order valence-corrected chi connectivity index (χ4v) is 1.49. The molecule has 1 rings (SSSR count). The van der Waals surface area contributed by atoms with Crippen molar-refractivity contribution in [3.8, 4) is 0 Å². The van der Waals surface area contributed by atoms with Gasteiger partial charge in [-0.2, -0.15) is 0 Å². The molecule has 6 nitrogen and oxygen atoms in total. The van der Waals surface area contributed by atoms with Crippen molar-refractivity contribution in [2.75, 3.05) is 24.6 Å². The molecule has 0 fully saturated rings. The minimum absolute atomic E-state index is 0.00920. The van der Waals surface area contributed by atoms with Crippen molar-refractivity contribution in [1.29, 1.82) is 0 Å². The van der Waals surface area contributed by atoms with Gasteiger partial charge in [-0.1, -0.05) is 11.2 Å². The van der Waals surface area contributed by atoms with Crippen molar-refractivity contribution in [3.63, 3.8) is 0 Å². The van der Waals surface area contributed by atoms with Crippen LogP contribution in [-0.2, 0) is 0 Å². The molecule has 1 aromatic heterocycles. The maximum Gasteiger partial charge on any atom is 0.188 e. The smallest absolute Gasteiger partial charge is 0.188 e. The summed E-state index contributed by atoms with van der Waals surface area (Å²) in [6.07, 6.45) is 0.684. The molecule has 0 aliphatic carbocycles. The first-order valence-corrected chi connectivity index (χ1v) is 5.53. The summed E-state index contributed by atoms with van der Waals surface area (Å²) in [5, 5.41) is 20.3. The molecule has 0 saturated carbocycles. The first kappa shape index (κ1) is 13.2. The van der Waals surface area contributed by atoms with Gasteiger partial charge in [-0.3, -0.25) is 0 Å². The van der Waals surface area contributed by atoms with Crippen LogP contribution < -0.4 is 10.6 Å². The monoisotopic (exact) mass is 238 g/mol. The first-order chi connectivity index (χ1) is 8.22. The number of nitrogens with two attached hydrogens (primary N) is 1. The summed E-state index contributed by atoms with van der Waals surface area (Å²) >= 11 is 0. The molecule has 94 valence electrons. The molecule has 0 spiro atoms. The maximum atomic E-state index is 8.82. The van der Waals surface area contributed by atoms with E-state index in [1.165, 1.54) is 0 Å². The van der Waals surface area contributed by atoms with Crippen LogP contribution in [0.3, 0.4) is 0 Å². The fraction of sp³-hybridized carbons (Fsp3) is 0.455. The number of aromatic nitrogens is 1. The van der Waals surface area contributed by atoms with Gasteiger partial charge in [0.1, 0.15) is 11.5 Å². The first-order valence-electron chi connectivity index (χ1n) is 5.53. The Balaban J connectivity index is 2.88. The maximum absolute atomic E-state index is 8.82. The van der Waals surface area contributed by atoms with Crippen molar-refractivity contribution in [2.24, 2.45) is 10.9 Å². The summed E-state index contributed by atoms with van der Waals surface area (Å²) < 4.78 is 0. The molecular weight excluding hydrogens is 220 g/mol. The average molecular weight is 238 g/mol. The number of aliphatic hydroxyl groups excluding tert-OH is 1. The molecule has 0 unspecified atom stereocenters. The number of oxime groups is 1. The Kier molecular flexibility index (Phi) is 5.22. The normalized spacial score (nSPS) is 11.5. The number of hydrogen-bond acceptors (Lipinski definition) is 5. The van der Waals surface area contributed by atoms with Crippen molar-refractivity contribution in [3.05, 3.63) is 23.9 Å². The van der Waals surface area contributed by atoms with Crippen molar-refractivity contribution < 1.29 is 10.3 Å². The van der Waals surface area contributed by atoms with Crippen LogP contribution in [0.4, 0.5) is 5.82 Å². The van der Waals surface area contributed by atoms with Gasteiger partial charge in [-0.15, -0.1) is 0 Å². The Morgan fingerprint density at radius 2 is 2.29 bits per heavy atom. The highest BCUT2D eigenvalue weighted by Crippen LogP contribution is 2.11. The average Bonchev–Trinajstić information content (AvgIpc) is 2.39. The SMILES string of the molecule is CCN(CCCO)c1cccc(/C(N)=N/O)n1. The summed E-state index contributed by atoms with van der Waals surface area (Å²) in [5.41, 5.74) is 5.92. The molecule has 1 aromatic rings. The van der Waals surface area contributed by atoms with Crippen LogP contribution in [-0.4, -0.2) is 40.8 Å². The van der Waals surface area contributed by atoms with E-state index in [4.69, 9.17) is 16.0 Å². The second kappa shape index (κ2) is 6.70. The number of aliphatic hydroxyl groups is 1. The van der Waals surface area contributed by atoms with E-state index >= 15 is 0 Å². The number of amidine groups is 1. The molecule has 6 heteroatoms. The molecule has 0 aromatic carbocycles. The highest BCUT2D eigenvalue weighted by molar-refractivity contribution is 5.95. The molecular formula is C11H18N4O2. The zero-order chi connectivity index (χ0) is 12.7. The van der Waals surface area contributed by atoms with E-state index in [1.807, 2.05) is 17.9 Å². The van der Waals surface area contributed by atoms with Gasteiger partial charge < -0.3 is 20.9 Å². The lowest BCUT2D eigenvalue weighted by Gasteiger charge is -2.21. The van der Waals surface area contributed by atoms with Gasteiger partial charge in [-0.05, 0) is 25.5 Å². The summed E-state index contributed by atoms with van der Waals surface area (Å²) in [5.74, 6) is 0.745. The van der Waals surface area contributed by atoms with Gasteiger partial charge in [0.2, 0.25) is 0 Å². The second-order valence-corrected chi connectivity index (χ2v) is 3.52. The lowest BCUT2D eigenvalue weighted by atomic mass is 10.3. The molecule has 0 atom stereocenters. The van der Waals surface area contributed by atoms with Gasteiger partial charge in [0.15, 0.2) is 5.84 Å². The van der Waals surface area contributed by atoms with Crippen molar-refractivity contribution >= 4 is 11.7 Å². The zero-order valence-corrected chi connectivity index (χ0v) is 9.87. The van der Waals surface area contributed by atoms with Gasteiger partial charge in [0.05, 0.1) is 0 Å². The summed E-state index contributed by atoms with van der Waals surface area (Å²) in [7, 11) is 0. The molecule has 1 heterocycles.